The van der Waals surface area contributed by atoms with E-state index < -0.39 is 20.9 Å². The number of carbonyl (C=O) groups excluding carboxylic acids is 1. The van der Waals surface area contributed by atoms with E-state index in [9.17, 15) is 18.3 Å². The number of hydrogen-bond acceptors (Lipinski definition) is 4. The molecule has 138 valence electrons. The fourth-order valence-electron chi connectivity index (χ4n) is 4.39. The molecule has 1 amide bonds. The first-order valence-corrected chi connectivity index (χ1v) is 10.9. The molecule has 0 bridgehead atoms. The average Bonchev–Trinajstić information content (AvgIpc) is 3.25. The van der Waals surface area contributed by atoms with Gasteiger partial charge in [-0.05, 0) is 38.5 Å². The van der Waals surface area contributed by atoms with E-state index in [1.165, 1.54) is 0 Å². The quantitative estimate of drug-likeness (QED) is 0.778. The van der Waals surface area contributed by atoms with Crippen molar-refractivity contribution >= 4 is 15.9 Å². The second-order valence-corrected chi connectivity index (χ2v) is 9.87. The van der Waals surface area contributed by atoms with E-state index in [2.05, 4.69) is 4.72 Å². The van der Waals surface area contributed by atoms with Crippen molar-refractivity contribution in [3.63, 3.8) is 0 Å². The Kier molecular flexibility index (Phi) is 5.52. The van der Waals surface area contributed by atoms with Crippen molar-refractivity contribution in [1.29, 1.82) is 0 Å². The number of rotatable bonds is 5. The number of sulfonamides is 1. The van der Waals surface area contributed by atoms with Crippen LogP contribution in [0.4, 0.5) is 0 Å². The van der Waals surface area contributed by atoms with Crippen LogP contribution in [0.25, 0.3) is 0 Å². The van der Waals surface area contributed by atoms with Crippen LogP contribution in [0.1, 0.15) is 64.2 Å². The molecule has 0 aromatic heterocycles. The molecule has 1 heterocycles. The number of carbonyl (C=O) groups is 1. The van der Waals surface area contributed by atoms with E-state index in [0.717, 1.165) is 44.9 Å². The van der Waals surface area contributed by atoms with Crippen molar-refractivity contribution in [3.8, 4) is 0 Å². The van der Waals surface area contributed by atoms with Gasteiger partial charge in [0.25, 0.3) is 0 Å². The predicted molar refractivity (Wildman–Crippen MR) is 91.9 cm³/mol. The maximum atomic E-state index is 12.6. The maximum absolute atomic E-state index is 12.6. The van der Waals surface area contributed by atoms with Gasteiger partial charge < -0.3 is 10.0 Å². The third-order valence-corrected chi connectivity index (χ3v) is 7.78. The van der Waals surface area contributed by atoms with Crippen LogP contribution in [0.5, 0.6) is 0 Å². The molecule has 7 heteroatoms. The first-order chi connectivity index (χ1) is 11.4. The van der Waals surface area contributed by atoms with Crippen molar-refractivity contribution in [2.75, 3.05) is 19.6 Å². The molecule has 3 rings (SSSR count). The Bertz CT molecular complexity index is 551. The Labute approximate surface area is 145 Å². The lowest BCUT2D eigenvalue weighted by molar-refractivity contribution is -0.136. The zero-order valence-electron chi connectivity index (χ0n) is 14.4. The molecule has 0 spiro atoms. The summed E-state index contributed by atoms with van der Waals surface area (Å²) in [5.74, 6) is 0.237. The predicted octanol–water partition coefficient (Wildman–Crippen LogP) is 1.39. The van der Waals surface area contributed by atoms with Crippen LogP contribution in [0.2, 0.25) is 0 Å². The van der Waals surface area contributed by atoms with Crippen LogP contribution >= 0.6 is 0 Å². The molecule has 6 nitrogen and oxygen atoms in total. The summed E-state index contributed by atoms with van der Waals surface area (Å²) in [4.78, 5) is 14.3. The fraction of sp³-hybridized carbons (Fsp3) is 0.941. The van der Waals surface area contributed by atoms with Gasteiger partial charge in [0.15, 0.2) is 0 Å². The second kappa shape index (κ2) is 7.30. The summed E-state index contributed by atoms with van der Waals surface area (Å²) in [5.41, 5.74) is -0.888. The number of nitrogens with zero attached hydrogens (tertiary/aromatic N) is 1. The van der Waals surface area contributed by atoms with Crippen LogP contribution in [-0.2, 0) is 14.8 Å². The molecule has 2 saturated carbocycles. The van der Waals surface area contributed by atoms with Gasteiger partial charge in [-0.25, -0.2) is 13.1 Å². The molecule has 2 aliphatic carbocycles. The van der Waals surface area contributed by atoms with Crippen molar-refractivity contribution in [2.24, 2.45) is 5.92 Å². The summed E-state index contributed by atoms with van der Waals surface area (Å²) < 4.78 is 27.9. The molecule has 1 atom stereocenters. The standard InChI is InChI=1S/C17H30N2O4S/c20-16(14-6-1-2-7-14)19-11-5-8-15(12-19)24(22,23)18-13-17(21)9-3-4-10-17/h14-15,18,21H,1-13H2. The Morgan fingerprint density at radius 1 is 1.08 bits per heavy atom. The second-order valence-electron chi connectivity index (χ2n) is 7.83. The van der Waals surface area contributed by atoms with Gasteiger partial charge in [0, 0.05) is 25.6 Å². The number of likely N-dealkylation sites (tertiary alicyclic amines) is 1. The smallest absolute Gasteiger partial charge is 0.225 e. The molecule has 1 saturated heterocycles. The summed E-state index contributed by atoms with van der Waals surface area (Å²) in [6, 6.07) is 0. The van der Waals surface area contributed by atoms with E-state index >= 15 is 0 Å². The highest BCUT2D eigenvalue weighted by Gasteiger charge is 2.38. The van der Waals surface area contributed by atoms with Gasteiger partial charge in [0.2, 0.25) is 15.9 Å². The summed E-state index contributed by atoms with van der Waals surface area (Å²) in [7, 11) is -3.50. The summed E-state index contributed by atoms with van der Waals surface area (Å²) >= 11 is 0. The molecule has 0 aromatic carbocycles. The minimum Gasteiger partial charge on any atom is -0.389 e. The molecule has 3 aliphatic rings. The van der Waals surface area contributed by atoms with Crippen LogP contribution in [0.15, 0.2) is 0 Å². The fourth-order valence-corrected chi connectivity index (χ4v) is 5.94. The van der Waals surface area contributed by atoms with Crippen molar-refractivity contribution in [3.05, 3.63) is 0 Å². The molecule has 0 aromatic rings. The van der Waals surface area contributed by atoms with Crippen molar-refractivity contribution in [2.45, 2.75) is 75.1 Å². The van der Waals surface area contributed by atoms with Gasteiger partial charge in [-0.15, -0.1) is 0 Å². The van der Waals surface area contributed by atoms with Crippen LogP contribution in [0, 0.1) is 5.92 Å². The molecule has 24 heavy (non-hydrogen) atoms. The molecular weight excluding hydrogens is 328 g/mol. The Hall–Kier alpha value is -0.660. The van der Waals surface area contributed by atoms with Gasteiger partial charge in [-0.1, -0.05) is 25.7 Å². The minimum atomic E-state index is -3.50. The number of nitrogens with one attached hydrogen (secondary N) is 1. The highest BCUT2D eigenvalue weighted by atomic mass is 32.2. The lowest BCUT2D eigenvalue weighted by atomic mass is 10.0. The van der Waals surface area contributed by atoms with Gasteiger partial charge in [0.1, 0.15) is 0 Å². The highest BCUT2D eigenvalue weighted by Crippen LogP contribution is 2.30. The zero-order valence-corrected chi connectivity index (χ0v) is 15.2. The van der Waals surface area contributed by atoms with Crippen LogP contribution < -0.4 is 4.72 Å². The van der Waals surface area contributed by atoms with E-state index in [1.54, 1.807) is 4.90 Å². The van der Waals surface area contributed by atoms with Crippen LogP contribution in [-0.4, -0.2) is 54.8 Å². The summed E-state index contributed by atoms with van der Waals surface area (Å²) in [6.07, 6.45) is 8.63. The third kappa shape index (κ3) is 4.11. The molecule has 1 unspecified atom stereocenters. The third-order valence-electron chi connectivity index (χ3n) is 5.97. The van der Waals surface area contributed by atoms with Gasteiger partial charge in [-0.2, -0.15) is 0 Å². The van der Waals surface area contributed by atoms with E-state index in [4.69, 9.17) is 0 Å². The van der Waals surface area contributed by atoms with E-state index in [-0.39, 0.29) is 18.4 Å². The van der Waals surface area contributed by atoms with Gasteiger partial charge in [-0.3, -0.25) is 4.79 Å². The molecule has 3 fully saturated rings. The Balaban J connectivity index is 1.57. The summed E-state index contributed by atoms with van der Waals surface area (Å²) in [5, 5.41) is 9.79. The Morgan fingerprint density at radius 2 is 1.75 bits per heavy atom. The topological polar surface area (TPSA) is 86.7 Å². The monoisotopic (exact) mass is 358 g/mol. The maximum Gasteiger partial charge on any atom is 0.225 e. The lowest BCUT2D eigenvalue weighted by Gasteiger charge is -2.34. The number of hydrogen-bond donors (Lipinski definition) is 2. The van der Waals surface area contributed by atoms with Gasteiger partial charge >= 0.3 is 0 Å². The first-order valence-electron chi connectivity index (χ1n) is 9.39. The molecule has 1 aliphatic heterocycles. The molecular formula is C17H30N2O4S. The largest absolute Gasteiger partial charge is 0.389 e. The zero-order chi connectivity index (χ0) is 17.2. The van der Waals surface area contributed by atoms with E-state index in [0.29, 0.717) is 32.4 Å². The number of amides is 1. The highest BCUT2D eigenvalue weighted by molar-refractivity contribution is 7.90. The lowest BCUT2D eigenvalue weighted by Crippen LogP contribution is -2.51. The van der Waals surface area contributed by atoms with Crippen molar-refractivity contribution < 1.29 is 18.3 Å². The number of piperidine rings is 1. The van der Waals surface area contributed by atoms with Gasteiger partial charge in [0.05, 0.1) is 10.9 Å². The van der Waals surface area contributed by atoms with E-state index in [1.807, 2.05) is 0 Å². The number of aliphatic hydroxyl groups is 1. The SMILES string of the molecule is O=C(C1CCCC1)N1CCCC(S(=O)(=O)NCC2(O)CCCC2)C1. The summed E-state index contributed by atoms with van der Waals surface area (Å²) in [6.45, 7) is 1.07. The minimum absolute atomic E-state index is 0.0959. The molecule has 2 N–H and O–H groups in total. The van der Waals surface area contributed by atoms with Crippen molar-refractivity contribution in [1.82, 2.24) is 9.62 Å². The Morgan fingerprint density at radius 3 is 2.42 bits per heavy atom. The van der Waals surface area contributed by atoms with Crippen LogP contribution in [0.3, 0.4) is 0 Å². The normalized spacial score (nSPS) is 28.4. The molecule has 0 radical (unpaired) electrons. The average molecular weight is 359 g/mol. The first kappa shape index (κ1) is 18.1.